The van der Waals surface area contributed by atoms with Crippen LogP contribution in [0.3, 0.4) is 0 Å². The Bertz CT molecular complexity index is 1610. The molecule has 1 aliphatic carbocycles. The van der Waals surface area contributed by atoms with Gasteiger partial charge in [-0.25, -0.2) is 25.6 Å². The van der Waals surface area contributed by atoms with Crippen molar-refractivity contribution in [2.45, 2.75) is 64.6 Å². The molecule has 0 aliphatic heterocycles. The van der Waals surface area contributed by atoms with Gasteiger partial charge < -0.3 is 0 Å². The van der Waals surface area contributed by atoms with Crippen LogP contribution in [0, 0.1) is 19.7 Å². The highest BCUT2D eigenvalue weighted by Crippen LogP contribution is 2.44. The van der Waals surface area contributed by atoms with Crippen molar-refractivity contribution >= 4 is 20.9 Å². The summed E-state index contributed by atoms with van der Waals surface area (Å²) >= 11 is 0. The molecule has 0 bridgehead atoms. The number of fused-ring (bicyclic) bond motifs is 1. The maximum Gasteiger partial charge on any atom is 0.266 e. The van der Waals surface area contributed by atoms with Crippen molar-refractivity contribution in [3.63, 3.8) is 0 Å². The molecule has 0 atom stereocenters. The number of benzene rings is 2. The Kier molecular flexibility index (Phi) is 5.59. The Hall–Kier alpha value is -3.14. The van der Waals surface area contributed by atoms with Gasteiger partial charge in [-0.1, -0.05) is 32.9 Å². The maximum absolute atomic E-state index is 15.6. The molecule has 1 saturated carbocycles. The van der Waals surface area contributed by atoms with E-state index in [1.807, 2.05) is 20.8 Å². The van der Waals surface area contributed by atoms with E-state index < -0.39 is 38.5 Å². The third-order valence-electron chi connectivity index (χ3n) is 6.60. The van der Waals surface area contributed by atoms with Crippen LogP contribution < -0.4 is 0 Å². The lowest BCUT2D eigenvalue weighted by atomic mass is 9.91. The largest absolute Gasteiger partial charge is 0.282 e. The summed E-state index contributed by atoms with van der Waals surface area (Å²) in [4.78, 5) is 0. The SMILES string of the molecule is Cc1cc(F)c(-c2cccc3c2ccn3S(=O)(=O)C2CC2)c(C(F)F)c1-n1c(C)nnc1C(C)(C)C. The molecule has 10 heteroatoms. The number of aryl methyl sites for hydroxylation is 2. The molecule has 6 nitrogen and oxygen atoms in total. The van der Waals surface area contributed by atoms with Crippen LogP contribution in [0.5, 0.6) is 0 Å². The lowest BCUT2D eigenvalue weighted by molar-refractivity contribution is 0.151. The number of halogens is 3. The Morgan fingerprint density at radius 2 is 1.78 bits per heavy atom. The predicted molar refractivity (Wildman–Crippen MR) is 133 cm³/mol. The second-order valence-corrected chi connectivity index (χ2v) is 12.5. The van der Waals surface area contributed by atoms with Crippen molar-refractivity contribution in [1.82, 2.24) is 18.7 Å². The van der Waals surface area contributed by atoms with E-state index in [-0.39, 0.29) is 16.8 Å². The highest BCUT2D eigenvalue weighted by atomic mass is 32.2. The molecule has 0 spiro atoms. The summed E-state index contributed by atoms with van der Waals surface area (Å²) in [5, 5.41) is 8.30. The van der Waals surface area contributed by atoms with Gasteiger partial charge in [-0.15, -0.1) is 10.2 Å². The minimum absolute atomic E-state index is 0.135. The zero-order valence-corrected chi connectivity index (χ0v) is 21.5. The average molecular weight is 517 g/mol. The molecule has 2 aromatic carbocycles. The van der Waals surface area contributed by atoms with Crippen LogP contribution in [0.25, 0.3) is 27.7 Å². The number of hydrogen-bond acceptors (Lipinski definition) is 4. The summed E-state index contributed by atoms with van der Waals surface area (Å²) in [6.07, 6.45) is -0.437. The third-order valence-corrected chi connectivity index (χ3v) is 8.78. The number of aromatic nitrogens is 4. The highest BCUT2D eigenvalue weighted by Gasteiger charge is 2.38. The molecular weight excluding hydrogens is 489 g/mol. The maximum atomic E-state index is 15.6. The molecule has 0 N–H and O–H groups in total. The zero-order chi connectivity index (χ0) is 26.2. The van der Waals surface area contributed by atoms with E-state index in [1.54, 1.807) is 42.7 Å². The van der Waals surface area contributed by atoms with Gasteiger partial charge in [-0.05, 0) is 56.0 Å². The number of nitrogens with zero attached hydrogens (tertiary/aromatic N) is 4. The van der Waals surface area contributed by atoms with Crippen molar-refractivity contribution in [3.8, 4) is 16.8 Å². The molecule has 2 heterocycles. The topological polar surface area (TPSA) is 69.8 Å². The predicted octanol–water partition coefficient (Wildman–Crippen LogP) is 6.22. The van der Waals surface area contributed by atoms with E-state index in [4.69, 9.17) is 0 Å². The number of hydrogen-bond donors (Lipinski definition) is 0. The van der Waals surface area contributed by atoms with Crippen molar-refractivity contribution in [3.05, 3.63) is 65.1 Å². The highest BCUT2D eigenvalue weighted by molar-refractivity contribution is 7.91. The third kappa shape index (κ3) is 3.73. The summed E-state index contributed by atoms with van der Waals surface area (Å²) in [5.41, 5.74) is -0.268. The first-order valence-corrected chi connectivity index (χ1v) is 13.2. The summed E-state index contributed by atoms with van der Waals surface area (Å²) < 4.78 is 74.0. The van der Waals surface area contributed by atoms with Crippen LogP contribution in [0.1, 0.15) is 62.8 Å². The smallest absolute Gasteiger partial charge is 0.266 e. The summed E-state index contributed by atoms with van der Waals surface area (Å²) in [7, 11) is -3.61. The molecule has 1 fully saturated rings. The molecule has 0 amide bonds. The van der Waals surface area contributed by atoms with Crippen LogP contribution in [-0.2, 0) is 15.4 Å². The first-order chi connectivity index (χ1) is 16.8. The van der Waals surface area contributed by atoms with Gasteiger partial charge in [-0.2, -0.15) is 0 Å². The lowest BCUT2D eigenvalue weighted by Gasteiger charge is -2.24. The van der Waals surface area contributed by atoms with Crippen molar-refractivity contribution in [2.75, 3.05) is 0 Å². The van der Waals surface area contributed by atoms with Gasteiger partial charge in [0.1, 0.15) is 17.5 Å². The van der Waals surface area contributed by atoms with E-state index in [0.29, 0.717) is 41.0 Å². The molecule has 5 rings (SSSR count). The quantitative estimate of drug-likeness (QED) is 0.316. The normalized spacial score (nSPS) is 14.8. The monoisotopic (exact) mass is 516 g/mol. The van der Waals surface area contributed by atoms with E-state index in [1.165, 1.54) is 16.2 Å². The first-order valence-electron chi connectivity index (χ1n) is 11.7. The fraction of sp³-hybridized carbons (Fsp3) is 0.385. The summed E-state index contributed by atoms with van der Waals surface area (Å²) in [6, 6.07) is 7.50. The van der Waals surface area contributed by atoms with Gasteiger partial charge in [0.15, 0.2) is 0 Å². The molecule has 0 saturated heterocycles. The van der Waals surface area contributed by atoms with Crippen LogP contribution >= 0.6 is 0 Å². The second-order valence-electron chi connectivity index (χ2n) is 10.4. The molecule has 36 heavy (non-hydrogen) atoms. The van der Waals surface area contributed by atoms with Gasteiger partial charge in [0.05, 0.1) is 22.0 Å². The molecule has 0 unspecified atom stereocenters. The summed E-state index contributed by atoms with van der Waals surface area (Å²) in [5.74, 6) is 0.0738. The van der Waals surface area contributed by atoms with Gasteiger partial charge in [0.25, 0.3) is 6.43 Å². The fourth-order valence-corrected chi connectivity index (χ4v) is 6.51. The van der Waals surface area contributed by atoms with Gasteiger partial charge in [-0.3, -0.25) is 4.57 Å². The Morgan fingerprint density at radius 1 is 1.08 bits per heavy atom. The Labute approximate surface area is 207 Å². The first kappa shape index (κ1) is 24.5. The van der Waals surface area contributed by atoms with Crippen LogP contribution in [-0.4, -0.2) is 32.4 Å². The van der Waals surface area contributed by atoms with Gasteiger partial charge in [0, 0.05) is 22.6 Å². The molecule has 4 aromatic rings. The summed E-state index contributed by atoms with van der Waals surface area (Å²) in [6.45, 7) is 8.96. The second kappa shape index (κ2) is 8.19. The Morgan fingerprint density at radius 3 is 2.39 bits per heavy atom. The van der Waals surface area contributed by atoms with Crippen LogP contribution in [0.2, 0.25) is 0 Å². The Balaban J connectivity index is 1.85. The van der Waals surface area contributed by atoms with Crippen molar-refractivity contribution < 1.29 is 21.6 Å². The number of rotatable bonds is 5. The lowest BCUT2D eigenvalue weighted by Crippen LogP contribution is -2.21. The van der Waals surface area contributed by atoms with Crippen molar-refractivity contribution in [2.24, 2.45) is 0 Å². The van der Waals surface area contributed by atoms with Crippen molar-refractivity contribution in [1.29, 1.82) is 0 Å². The molecule has 1 aliphatic rings. The van der Waals surface area contributed by atoms with Gasteiger partial charge in [0.2, 0.25) is 10.0 Å². The zero-order valence-electron chi connectivity index (χ0n) is 20.7. The van der Waals surface area contributed by atoms with E-state index in [2.05, 4.69) is 10.2 Å². The van der Waals surface area contributed by atoms with E-state index >= 15 is 4.39 Å². The van der Waals surface area contributed by atoms with Gasteiger partial charge >= 0.3 is 0 Å². The fourth-order valence-electron chi connectivity index (χ4n) is 4.80. The molecule has 0 radical (unpaired) electrons. The standard InChI is InChI=1S/C26H27F3N4O2S/c1-14-13-19(27)21(22(24(28)29)23(14)33-15(2)30-31-25(33)26(3,4)5)18-7-6-8-20-17(18)11-12-32(20)36(34,35)16-9-10-16/h6-8,11-13,16,24H,9-10H2,1-5H3. The van der Waals surface area contributed by atoms with E-state index in [9.17, 15) is 17.2 Å². The minimum atomic E-state index is -3.61. The molecule has 190 valence electrons. The number of alkyl halides is 2. The van der Waals surface area contributed by atoms with Crippen LogP contribution in [0.4, 0.5) is 13.2 Å². The molecular formula is C26H27F3N4O2S. The average Bonchev–Trinajstić information content (AvgIpc) is 3.44. The van der Waals surface area contributed by atoms with E-state index in [0.717, 1.165) is 0 Å². The van der Waals surface area contributed by atoms with Crippen LogP contribution in [0.15, 0.2) is 36.5 Å². The molecule has 2 aromatic heterocycles. The minimum Gasteiger partial charge on any atom is -0.282 e.